The van der Waals surface area contributed by atoms with E-state index in [9.17, 15) is 9.59 Å². The van der Waals surface area contributed by atoms with Crippen LogP contribution in [0.2, 0.25) is 0 Å². The van der Waals surface area contributed by atoms with Gasteiger partial charge in [-0.15, -0.1) is 0 Å². The second-order valence-electron chi connectivity index (χ2n) is 7.35. The third-order valence-corrected chi connectivity index (χ3v) is 5.18. The average molecular weight is 363 g/mol. The standard InChI is InChI=1S/C18H29N5O3/c1-20-6-2-7-21(11-10-20)14-17(24)22-8-3-9-23-16(13-22)12-15(19-23)4-5-18(25)26/h12H,2-11,13-14H2,1H3,(H,25,26). The number of hydrogen-bond acceptors (Lipinski definition) is 5. The molecule has 144 valence electrons. The molecule has 3 rings (SSSR count). The van der Waals surface area contributed by atoms with Crippen LogP contribution in [0.4, 0.5) is 0 Å². The number of aryl methyl sites for hydroxylation is 2. The maximum absolute atomic E-state index is 12.8. The molecule has 1 saturated heterocycles. The van der Waals surface area contributed by atoms with Crippen molar-refractivity contribution in [3.05, 3.63) is 17.5 Å². The Morgan fingerprint density at radius 2 is 1.92 bits per heavy atom. The van der Waals surface area contributed by atoms with Crippen molar-refractivity contribution in [2.75, 3.05) is 46.3 Å². The number of aliphatic carboxylic acids is 1. The zero-order valence-corrected chi connectivity index (χ0v) is 15.6. The highest BCUT2D eigenvalue weighted by atomic mass is 16.4. The van der Waals surface area contributed by atoms with Gasteiger partial charge < -0.3 is 14.9 Å². The average Bonchev–Trinajstić information content (AvgIpc) is 2.73. The van der Waals surface area contributed by atoms with Crippen LogP contribution in [0.1, 0.15) is 30.7 Å². The Balaban J connectivity index is 1.58. The summed E-state index contributed by atoms with van der Waals surface area (Å²) in [5.41, 5.74) is 1.80. The molecule has 1 N–H and O–H groups in total. The molecular formula is C18H29N5O3. The summed E-state index contributed by atoms with van der Waals surface area (Å²) in [6, 6.07) is 1.95. The molecule has 0 saturated carbocycles. The Bertz CT molecular complexity index is 645. The molecule has 0 spiro atoms. The first-order valence-electron chi connectivity index (χ1n) is 9.47. The number of carbonyl (C=O) groups excluding carboxylic acids is 1. The normalized spacial score (nSPS) is 19.7. The van der Waals surface area contributed by atoms with Crippen LogP contribution < -0.4 is 0 Å². The Morgan fingerprint density at radius 3 is 2.73 bits per heavy atom. The topological polar surface area (TPSA) is 81.9 Å². The maximum Gasteiger partial charge on any atom is 0.303 e. The van der Waals surface area contributed by atoms with Crippen LogP contribution in [0, 0.1) is 0 Å². The van der Waals surface area contributed by atoms with Crippen LogP contribution in [-0.2, 0) is 29.1 Å². The minimum atomic E-state index is -0.812. The fourth-order valence-corrected chi connectivity index (χ4v) is 3.64. The summed E-state index contributed by atoms with van der Waals surface area (Å²) in [4.78, 5) is 30.1. The number of fused-ring (bicyclic) bond motifs is 1. The van der Waals surface area contributed by atoms with E-state index in [1.807, 2.05) is 15.6 Å². The molecule has 0 aromatic carbocycles. The lowest BCUT2D eigenvalue weighted by Crippen LogP contribution is -2.41. The van der Waals surface area contributed by atoms with E-state index in [4.69, 9.17) is 5.11 Å². The molecule has 8 heteroatoms. The summed E-state index contributed by atoms with van der Waals surface area (Å²) in [6.45, 7) is 6.58. The van der Waals surface area contributed by atoms with Crippen molar-refractivity contribution < 1.29 is 14.7 Å². The summed E-state index contributed by atoms with van der Waals surface area (Å²) < 4.78 is 1.94. The summed E-state index contributed by atoms with van der Waals surface area (Å²) in [5, 5.41) is 13.3. The van der Waals surface area contributed by atoms with E-state index in [1.165, 1.54) is 0 Å². The molecule has 8 nitrogen and oxygen atoms in total. The van der Waals surface area contributed by atoms with E-state index in [1.54, 1.807) is 0 Å². The van der Waals surface area contributed by atoms with Gasteiger partial charge in [-0.05, 0) is 39.0 Å². The van der Waals surface area contributed by atoms with Crippen molar-refractivity contribution in [1.29, 1.82) is 0 Å². The Kier molecular flexibility index (Phi) is 6.26. The number of aromatic nitrogens is 2. The van der Waals surface area contributed by atoms with Gasteiger partial charge in [-0.25, -0.2) is 0 Å². The van der Waals surface area contributed by atoms with E-state index in [0.29, 0.717) is 19.5 Å². The zero-order valence-electron chi connectivity index (χ0n) is 15.6. The predicted molar refractivity (Wildman–Crippen MR) is 96.8 cm³/mol. The van der Waals surface area contributed by atoms with Crippen LogP contribution in [0.15, 0.2) is 6.07 Å². The number of nitrogens with zero attached hydrogens (tertiary/aromatic N) is 5. The van der Waals surface area contributed by atoms with Crippen molar-refractivity contribution in [2.24, 2.45) is 0 Å². The minimum Gasteiger partial charge on any atom is -0.481 e. The lowest BCUT2D eigenvalue weighted by molar-refractivity contribution is -0.137. The fourth-order valence-electron chi connectivity index (χ4n) is 3.64. The number of hydrogen-bond donors (Lipinski definition) is 1. The molecule has 0 radical (unpaired) electrons. The quantitative estimate of drug-likeness (QED) is 0.809. The SMILES string of the molecule is CN1CCCN(CC(=O)N2CCCn3nc(CCC(=O)O)cc3C2)CC1. The third kappa shape index (κ3) is 5.04. The van der Waals surface area contributed by atoms with Crippen LogP contribution in [0.5, 0.6) is 0 Å². The number of carbonyl (C=O) groups is 2. The first-order valence-corrected chi connectivity index (χ1v) is 9.47. The van der Waals surface area contributed by atoms with E-state index in [2.05, 4.69) is 21.9 Å². The van der Waals surface area contributed by atoms with Gasteiger partial charge in [0.15, 0.2) is 0 Å². The van der Waals surface area contributed by atoms with Gasteiger partial charge in [0.25, 0.3) is 0 Å². The van der Waals surface area contributed by atoms with Crippen molar-refractivity contribution in [1.82, 2.24) is 24.5 Å². The van der Waals surface area contributed by atoms with Crippen LogP contribution in [0.25, 0.3) is 0 Å². The summed E-state index contributed by atoms with van der Waals surface area (Å²) in [7, 11) is 2.13. The first-order chi connectivity index (χ1) is 12.5. The second-order valence-corrected chi connectivity index (χ2v) is 7.35. The predicted octanol–water partition coefficient (Wildman–Crippen LogP) is 0.270. The molecule has 0 atom stereocenters. The molecule has 2 aliphatic rings. The number of amides is 1. The zero-order chi connectivity index (χ0) is 18.5. The molecule has 0 aliphatic carbocycles. The van der Waals surface area contributed by atoms with Gasteiger partial charge in [-0.1, -0.05) is 0 Å². The molecule has 26 heavy (non-hydrogen) atoms. The molecule has 3 heterocycles. The van der Waals surface area contributed by atoms with E-state index >= 15 is 0 Å². The lowest BCUT2D eigenvalue weighted by atomic mass is 10.2. The molecule has 0 bridgehead atoms. The summed E-state index contributed by atoms with van der Waals surface area (Å²) in [5.74, 6) is -0.635. The maximum atomic E-state index is 12.8. The third-order valence-electron chi connectivity index (χ3n) is 5.18. The van der Waals surface area contributed by atoms with Crippen molar-refractivity contribution in [3.8, 4) is 0 Å². The smallest absolute Gasteiger partial charge is 0.303 e. The van der Waals surface area contributed by atoms with E-state index < -0.39 is 5.97 Å². The molecule has 0 unspecified atom stereocenters. The number of carboxylic acid groups (broad SMARTS) is 1. The van der Waals surface area contributed by atoms with Gasteiger partial charge >= 0.3 is 5.97 Å². The van der Waals surface area contributed by atoms with Crippen molar-refractivity contribution >= 4 is 11.9 Å². The Hall–Kier alpha value is -1.93. The molecule has 1 fully saturated rings. The van der Waals surface area contributed by atoms with Crippen molar-refractivity contribution in [3.63, 3.8) is 0 Å². The van der Waals surface area contributed by atoms with Crippen LogP contribution >= 0.6 is 0 Å². The highest BCUT2D eigenvalue weighted by Crippen LogP contribution is 2.15. The molecule has 1 aromatic rings. The Morgan fingerprint density at radius 1 is 1.12 bits per heavy atom. The van der Waals surface area contributed by atoms with Gasteiger partial charge in [0, 0.05) is 32.6 Å². The number of likely N-dealkylation sites (N-methyl/N-ethyl adjacent to an activating group) is 1. The number of carboxylic acids is 1. The summed E-state index contributed by atoms with van der Waals surface area (Å²) in [6.07, 6.45) is 2.50. The molecule has 1 amide bonds. The second kappa shape index (κ2) is 8.64. The molecule has 1 aromatic heterocycles. The summed E-state index contributed by atoms with van der Waals surface area (Å²) >= 11 is 0. The van der Waals surface area contributed by atoms with Gasteiger partial charge in [0.05, 0.1) is 30.9 Å². The van der Waals surface area contributed by atoms with Gasteiger partial charge in [-0.3, -0.25) is 19.2 Å². The Labute approximate surface area is 154 Å². The fraction of sp³-hybridized carbons (Fsp3) is 0.722. The minimum absolute atomic E-state index is 0.0858. The monoisotopic (exact) mass is 363 g/mol. The number of rotatable bonds is 5. The largest absolute Gasteiger partial charge is 0.481 e. The van der Waals surface area contributed by atoms with Gasteiger partial charge in [-0.2, -0.15) is 5.10 Å². The molecular weight excluding hydrogens is 334 g/mol. The highest BCUT2D eigenvalue weighted by Gasteiger charge is 2.23. The van der Waals surface area contributed by atoms with Crippen LogP contribution in [-0.4, -0.2) is 87.8 Å². The first kappa shape index (κ1) is 18.8. The van der Waals surface area contributed by atoms with Gasteiger partial charge in [0.1, 0.15) is 0 Å². The van der Waals surface area contributed by atoms with Gasteiger partial charge in [0.2, 0.25) is 5.91 Å². The highest BCUT2D eigenvalue weighted by molar-refractivity contribution is 5.78. The lowest BCUT2D eigenvalue weighted by Gasteiger charge is -2.25. The van der Waals surface area contributed by atoms with E-state index in [0.717, 1.165) is 63.5 Å². The molecule has 2 aliphatic heterocycles. The van der Waals surface area contributed by atoms with E-state index in [-0.39, 0.29) is 12.3 Å². The van der Waals surface area contributed by atoms with Crippen LogP contribution in [0.3, 0.4) is 0 Å². The van der Waals surface area contributed by atoms with Crippen molar-refractivity contribution in [2.45, 2.75) is 38.8 Å².